The van der Waals surface area contributed by atoms with Crippen molar-refractivity contribution in [3.63, 3.8) is 0 Å². The van der Waals surface area contributed by atoms with Gasteiger partial charge in [0.2, 0.25) is 0 Å². The summed E-state index contributed by atoms with van der Waals surface area (Å²) in [5, 5.41) is 12.4. The highest BCUT2D eigenvalue weighted by atomic mass is 32.2. The van der Waals surface area contributed by atoms with Crippen LogP contribution in [0.4, 0.5) is 5.69 Å². The van der Waals surface area contributed by atoms with E-state index in [1.165, 1.54) is 6.21 Å². The van der Waals surface area contributed by atoms with E-state index in [0.717, 1.165) is 16.8 Å². The van der Waals surface area contributed by atoms with Gasteiger partial charge in [-0.3, -0.25) is 0 Å². The van der Waals surface area contributed by atoms with Crippen LogP contribution in [0.15, 0.2) is 58.5 Å². The van der Waals surface area contributed by atoms with Gasteiger partial charge in [0, 0.05) is 19.3 Å². The molecule has 2 rings (SSSR count). The lowest BCUT2D eigenvalue weighted by Gasteiger charge is -2.17. The number of anilines is 1. The Bertz CT molecular complexity index is 867. The zero-order chi connectivity index (χ0) is 18.3. The van der Waals surface area contributed by atoms with Crippen molar-refractivity contribution in [2.75, 3.05) is 18.5 Å². The normalized spacial score (nSPS) is 11.2. The van der Waals surface area contributed by atoms with Crippen LogP contribution in [0.2, 0.25) is 0 Å². The maximum Gasteiger partial charge on any atom is 0.276 e. The van der Waals surface area contributed by atoms with Crippen LogP contribution in [0.1, 0.15) is 17.5 Å². The number of nitriles is 1. The average molecular weight is 356 g/mol. The van der Waals surface area contributed by atoms with Crippen LogP contribution >= 0.6 is 0 Å². The summed E-state index contributed by atoms with van der Waals surface area (Å²) in [4.78, 5) is 4.35. The number of aryl methyl sites for hydroxylation is 1. The molecule has 0 unspecified atom stereocenters. The zero-order valence-corrected chi connectivity index (χ0v) is 15.0. The van der Waals surface area contributed by atoms with Gasteiger partial charge in [0.25, 0.3) is 10.0 Å². The molecule has 0 bridgehead atoms. The first-order valence-electron chi connectivity index (χ1n) is 7.72. The Labute approximate surface area is 148 Å². The second kappa shape index (κ2) is 8.31. The number of benzene rings is 2. The van der Waals surface area contributed by atoms with Gasteiger partial charge in [-0.1, -0.05) is 29.8 Å². The molecule has 0 heterocycles. The second-order valence-electron chi connectivity index (χ2n) is 5.59. The minimum absolute atomic E-state index is 0.171. The summed E-state index contributed by atoms with van der Waals surface area (Å²) in [7, 11) is -1.75. The third-order valence-corrected chi connectivity index (χ3v) is 4.85. The van der Waals surface area contributed by atoms with E-state index in [0.29, 0.717) is 13.0 Å². The number of hydrazone groups is 1. The monoisotopic (exact) mass is 356 g/mol. The predicted molar refractivity (Wildman–Crippen MR) is 99.0 cm³/mol. The molecule has 0 fully saturated rings. The molecule has 0 saturated heterocycles. The summed E-state index contributed by atoms with van der Waals surface area (Å²) in [5.74, 6) is 0. The van der Waals surface area contributed by atoms with Gasteiger partial charge in [0.05, 0.1) is 23.6 Å². The van der Waals surface area contributed by atoms with Crippen LogP contribution < -0.4 is 9.73 Å². The van der Waals surface area contributed by atoms with E-state index in [2.05, 4.69) is 16.0 Å². The summed E-state index contributed by atoms with van der Waals surface area (Å²) < 4.78 is 24.2. The molecule has 0 saturated carbocycles. The highest BCUT2D eigenvalue weighted by molar-refractivity contribution is 7.89. The summed E-state index contributed by atoms with van der Waals surface area (Å²) in [6.45, 7) is 2.55. The molecular formula is C18H20N4O2S. The number of rotatable bonds is 7. The SMILES string of the molecule is Cc1ccc(S(=O)(=O)N/N=C\c2ccc(N(C)CCC#N)cc2)cc1. The maximum absolute atomic E-state index is 12.1. The van der Waals surface area contributed by atoms with E-state index in [9.17, 15) is 8.42 Å². The molecule has 0 aliphatic rings. The van der Waals surface area contributed by atoms with E-state index < -0.39 is 10.0 Å². The number of nitrogens with one attached hydrogen (secondary N) is 1. The number of sulfonamides is 1. The van der Waals surface area contributed by atoms with E-state index >= 15 is 0 Å². The molecule has 0 aliphatic heterocycles. The molecule has 0 aromatic heterocycles. The highest BCUT2D eigenvalue weighted by Crippen LogP contribution is 2.13. The molecule has 7 heteroatoms. The van der Waals surface area contributed by atoms with E-state index in [4.69, 9.17) is 5.26 Å². The van der Waals surface area contributed by atoms with Crippen LogP contribution in [-0.4, -0.2) is 28.2 Å². The van der Waals surface area contributed by atoms with Crippen molar-refractivity contribution in [1.29, 1.82) is 5.26 Å². The molecule has 0 radical (unpaired) electrons. The van der Waals surface area contributed by atoms with Gasteiger partial charge < -0.3 is 4.90 Å². The van der Waals surface area contributed by atoms with Gasteiger partial charge in [-0.2, -0.15) is 18.8 Å². The lowest BCUT2D eigenvalue weighted by molar-refractivity contribution is 0.584. The smallest absolute Gasteiger partial charge is 0.276 e. The number of nitrogens with zero attached hydrogens (tertiary/aromatic N) is 3. The van der Waals surface area contributed by atoms with Crippen molar-refractivity contribution in [2.45, 2.75) is 18.2 Å². The lowest BCUT2D eigenvalue weighted by Crippen LogP contribution is -2.18. The second-order valence-corrected chi connectivity index (χ2v) is 7.25. The van der Waals surface area contributed by atoms with Crippen molar-refractivity contribution in [3.05, 3.63) is 59.7 Å². The molecule has 0 aliphatic carbocycles. The van der Waals surface area contributed by atoms with E-state index in [1.807, 2.05) is 43.1 Å². The first kappa shape index (κ1) is 18.5. The Hall–Kier alpha value is -2.85. The fourth-order valence-electron chi connectivity index (χ4n) is 2.10. The summed E-state index contributed by atoms with van der Waals surface area (Å²) >= 11 is 0. The fraction of sp³-hybridized carbons (Fsp3) is 0.222. The Morgan fingerprint density at radius 3 is 2.40 bits per heavy atom. The third kappa shape index (κ3) is 5.33. The standard InChI is InChI=1S/C18H20N4O2S/c1-15-4-10-18(11-5-15)25(23,24)21-20-14-16-6-8-17(9-7-16)22(2)13-3-12-19/h4-11,14,21H,3,13H2,1-2H3/b20-14-. The molecular weight excluding hydrogens is 336 g/mol. The lowest BCUT2D eigenvalue weighted by atomic mass is 10.2. The predicted octanol–water partition coefficient (Wildman–Crippen LogP) is 2.66. The first-order valence-corrected chi connectivity index (χ1v) is 9.20. The van der Waals surface area contributed by atoms with Crippen molar-refractivity contribution in [3.8, 4) is 6.07 Å². The van der Waals surface area contributed by atoms with Gasteiger partial charge in [0.1, 0.15) is 0 Å². The molecule has 0 atom stereocenters. The van der Waals surface area contributed by atoms with Crippen LogP contribution in [0.3, 0.4) is 0 Å². The Balaban J connectivity index is 2.00. The van der Waals surface area contributed by atoms with Crippen molar-refractivity contribution < 1.29 is 8.42 Å². The zero-order valence-electron chi connectivity index (χ0n) is 14.2. The largest absolute Gasteiger partial charge is 0.374 e. The van der Waals surface area contributed by atoms with Gasteiger partial charge in [-0.05, 0) is 36.8 Å². The molecule has 25 heavy (non-hydrogen) atoms. The van der Waals surface area contributed by atoms with Gasteiger partial charge in [-0.25, -0.2) is 4.83 Å². The molecule has 2 aromatic rings. The first-order chi connectivity index (χ1) is 11.9. The minimum Gasteiger partial charge on any atom is -0.374 e. The highest BCUT2D eigenvalue weighted by Gasteiger charge is 2.11. The Morgan fingerprint density at radius 2 is 1.80 bits per heavy atom. The molecule has 0 amide bonds. The van der Waals surface area contributed by atoms with Crippen LogP contribution in [-0.2, 0) is 10.0 Å². The molecule has 1 N–H and O–H groups in total. The Morgan fingerprint density at radius 1 is 1.16 bits per heavy atom. The molecule has 130 valence electrons. The van der Waals surface area contributed by atoms with Crippen LogP contribution in [0, 0.1) is 18.3 Å². The van der Waals surface area contributed by atoms with Crippen molar-refractivity contribution >= 4 is 21.9 Å². The van der Waals surface area contributed by atoms with Gasteiger partial charge >= 0.3 is 0 Å². The maximum atomic E-state index is 12.1. The van der Waals surface area contributed by atoms with Crippen molar-refractivity contribution in [2.24, 2.45) is 5.10 Å². The topological polar surface area (TPSA) is 85.6 Å². The minimum atomic E-state index is -3.67. The summed E-state index contributed by atoms with van der Waals surface area (Å²) in [6.07, 6.45) is 1.91. The summed E-state index contributed by atoms with van der Waals surface area (Å²) in [5.41, 5.74) is 2.74. The molecule has 2 aromatic carbocycles. The van der Waals surface area contributed by atoms with Gasteiger partial charge in [-0.15, -0.1) is 0 Å². The van der Waals surface area contributed by atoms with Crippen molar-refractivity contribution in [1.82, 2.24) is 4.83 Å². The van der Waals surface area contributed by atoms with E-state index in [-0.39, 0.29) is 4.90 Å². The molecule has 6 nitrogen and oxygen atoms in total. The Kier molecular flexibility index (Phi) is 6.14. The summed E-state index contributed by atoms with van der Waals surface area (Å²) in [6, 6.07) is 16.1. The number of hydrogen-bond acceptors (Lipinski definition) is 5. The third-order valence-electron chi connectivity index (χ3n) is 3.61. The number of hydrogen-bond donors (Lipinski definition) is 1. The van der Waals surface area contributed by atoms with Gasteiger partial charge in [0.15, 0.2) is 0 Å². The van der Waals surface area contributed by atoms with Crippen LogP contribution in [0.25, 0.3) is 0 Å². The van der Waals surface area contributed by atoms with Crippen LogP contribution in [0.5, 0.6) is 0 Å². The fourth-order valence-corrected chi connectivity index (χ4v) is 2.89. The average Bonchev–Trinajstić information content (AvgIpc) is 2.60. The molecule has 0 spiro atoms. The van der Waals surface area contributed by atoms with E-state index in [1.54, 1.807) is 24.3 Å². The quantitative estimate of drug-likeness (QED) is 0.610.